The molecule has 2 amide bonds. The number of nitrogens with one attached hydrogen (secondary N) is 3. The van der Waals surface area contributed by atoms with Gasteiger partial charge in [0.1, 0.15) is 6.54 Å². The van der Waals surface area contributed by atoms with Crippen molar-refractivity contribution in [2.45, 2.75) is 25.4 Å². The predicted octanol–water partition coefficient (Wildman–Crippen LogP) is 3.27. The van der Waals surface area contributed by atoms with Crippen LogP contribution in [0.15, 0.2) is 60.7 Å². The SMILES string of the molecule is O=C(Nc1cc2ccccc2s1)NC1CC[NH+](Cc2ccccc2)CC1. The van der Waals surface area contributed by atoms with E-state index < -0.39 is 0 Å². The van der Waals surface area contributed by atoms with E-state index in [-0.39, 0.29) is 12.1 Å². The van der Waals surface area contributed by atoms with Crippen molar-refractivity contribution in [2.24, 2.45) is 0 Å². The zero-order chi connectivity index (χ0) is 17.8. The summed E-state index contributed by atoms with van der Waals surface area (Å²) >= 11 is 1.61. The van der Waals surface area contributed by atoms with Crippen molar-refractivity contribution in [3.05, 3.63) is 66.2 Å². The van der Waals surface area contributed by atoms with E-state index >= 15 is 0 Å². The van der Waals surface area contributed by atoms with Crippen LogP contribution in [0.1, 0.15) is 18.4 Å². The van der Waals surface area contributed by atoms with E-state index in [4.69, 9.17) is 0 Å². The molecule has 0 saturated carbocycles. The van der Waals surface area contributed by atoms with E-state index in [9.17, 15) is 4.79 Å². The number of carbonyl (C=O) groups is 1. The lowest BCUT2D eigenvalue weighted by Crippen LogP contribution is -3.12. The van der Waals surface area contributed by atoms with Crippen LogP contribution in [0.3, 0.4) is 0 Å². The monoisotopic (exact) mass is 366 g/mol. The molecule has 3 N–H and O–H groups in total. The van der Waals surface area contributed by atoms with E-state index in [1.165, 1.54) is 15.6 Å². The number of carbonyl (C=O) groups excluding carboxylic acids is 1. The van der Waals surface area contributed by atoms with Crippen molar-refractivity contribution < 1.29 is 9.69 Å². The zero-order valence-corrected chi connectivity index (χ0v) is 15.5. The van der Waals surface area contributed by atoms with Gasteiger partial charge in [-0.1, -0.05) is 48.5 Å². The van der Waals surface area contributed by atoms with Gasteiger partial charge in [0.25, 0.3) is 0 Å². The number of benzene rings is 2. The van der Waals surface area contributed by atoms with Crippen LogP contribution in [0.2, 0.25) is 0 Å². The molecule has 1 aliphatic heterocycles. The van der Waals surface area contributed by atoms with Crippen LogP contribution >= 0.6 is 11.3 Å². The fourth-order valence-corrected chi connectivity index (χ4v) is 4.57. The van der Waals surface area contributed by atoms with Gasteiger partial charge < -0.3 is 10.2 Å². The first kappa shape index (κ1) is 17.1. The lowest BCUT2D eigenvalue weighted by molar-refractivity contribution is -0.918. The molecule has 3 aromatic rings. The van der Waals surface area contributed by atoms with Crippen molar-refractivity contribution in [3.63, 3.8) is 0 Å². The topological polar surface area (TPSA) is 45.6 Å². The first-order valence-corrected chi connectivity index (χ1v) is 10.0. The highest BCUT2D eigenvalue weighted by molar-refractivity contribution is 7.22. The van der Waals surface area contributed by atoms with Crippen LogP contribution in [0.4, 0.5) is 9.80 Å². The second kappa shape index (κ2) is 7.89. The van der Waals surface area contributed by atoms with Gasteiger partial charge in [0.2, 0.25) is 0 Å². The minimum absolute atomic E-state index is 0.0898. The highest BCUT2D eigenvalue weighted by Gasteiger charge is 2.23. The lowest BCUT2D eigenvalue weighted by atomic mass is 10.0. The van der Waals surface area contributed by atoms with Gasteiger partial charge in [0, 0.05) is 29.1 Å². The standard InChI is InChI=1S/C21H23N3OS/c25-21(23-20-14-17-8-4-5-9-19(17)26-20)22-18-10-12-24(13-11-18)15-16-6-2-1-3-7-16/h1-9,14,18H,10-13,15H2,(H2,22,23,25)/p+1. The summed E-state index contributed by atoms with van der Waals surface area (Å²) in [4.78, 5) is 13.9. The maximum absolute atomic E-state index is 12.3. The molecule has 1 fully saturated rings. The van der Waals surface area contributed by atoms with Gasteiger partial charge in [-0.2, -0.15) is 0 Å². The number of rotatable bonds is 4. The summed E-state index contributed by atoms with van der Waals surface area (Å²) in [6.07, 6.45) is 2.06. The third-order valence-electron chi connectivity index (χ3n) is 4.99. The molecule has 4 nitrogen and oxygen atoms in total. The fraction of sp³-hybridized carbons (Fsp3) is 0.286. The molecule has 2 aromatic carbocycles. The predicted molar refractivity (Wildman–Crippen MR) is 108 cm³/mol. The number of quaternary nitrogens is 1. The molecule has 2 heterocycles. The number of anilines is 1. The number of hydrogen-bond donors (Lipinski definition) is 3. The van der Waals surface area contributed by atoms with E-state index in [0.717, 1.165) is 37.5 Å². The Morgan fingerprint density at radius 1 is 1.04 bits per heavy atom. The van der Waals surface area contributed by atoms with Crippen LogP contribution in [0, 0.1) is 0 Å². The number of piperidine rings is 1. The van der Waals surface area contributed by atoms with Crippen LogP contribution in [-0.2, 0) is 6.54 Å². The Balaban J connectivity index is 1.25. The number of amides is 2. The van der Waals surface area contributed by atoms with Gasteiger partial charge in [-0.25, -0.2) is 4.79 Å². The Hall–Kier alpha value is -2.37. The number of likely N-dealkylation sites (tertiary alicyclic amines) is 1. The van der Waals surface area contributed by atoms with Crippen molar-refractivity contribution >= 4 is 32.5 Å². The summed E-state index contributed by atoms with van der Waals surface area (Å²) in [6, 6.07) is 21.0. The molecule has 1 aromatic heterocycles. The first-order valence-electron chi connectivity index (χ1n) is 9.20. The Morgan fingerprint density at radius 2 is 1.77 bits per heavy atom. The Bertz CT molecular complexity index is 836. The number of urea groups is 1. The maximum Gasteiger partial charge on any atom is 0.320 e. The van der Waals surface area contributed by atoms with E-state index in [1.807, 2.05) is 18.2 Å². The van der Waals surface area contributed by atoms with Gasteiger partial charge in [-0.3, -0.25) is 5.32 Å². The first-order chi connectivity index (χ1) is 12.8. The second-order valence-corrected chi connectivity index (χ2v) is 8.02. The quantitative estimate of drug-likeness (QED) is 0.652. The van der Waals surface area contributed by atoms with E-state index in [0.29, 0.717) is 0 Å². The summed E-state index contributed by atoms with van der Waals surface area (Å²) < 4.78 is 1.20. The molecule has 5 heteroatoms. The number of fused-ring (bicyclic) bond motifs is 1. The summed E-state index contributed by atoms with van der Waals surface area (Å²) in [6.45, 7) is 3.27. The third kappa shape index (κ3) is 4.23. The van der Waals surface area contributed by atoms with Gasteiger partial charge in [0.15, 0.2) is 0 Å². The van der Waals surface area contributed by atoms with Crippen molar-refractivity contribution in [1.82, 2.24) is 5.32 Å². The summed E-state index contributed by atoms with van der Waals surface area (Å²) in [5, 5.41) is 8.20. The molecule has 0 aliphatic carbocycles. The zero-order valence-electron chi connectivity index (χ0n) is 14.7. The lowest BCUT2D eigenvalue weighted by Gasteiger charge is -2.29. The minimum atomic E-state index is -0.0898. The normalized spacial score (nSPS) is 20.0. The van der Waals surface area contributed by atoms with Crippen LogP contribution in [0.5, 0.6) is 0 Å². The Kier molecular flexibility index (Phi) is 5.18. The molecule has 1 aliphatic rings. The fourth-order valence-electron chi connectivity index (χ4n) is 3.61. The maximum atomic E-state index is 12.3. The average Bonchev–Trinajstić information content (AvgIpc) is 3.06. The Labute approximate surface area is 157 Å². The van der Waals surface area contributed by atoms with Crippen molar-refractivity contribution in [3.8, 4) is 0 Å². The number of hydrogen-bond acceptors (Lipinski definition) is 2. The molecule has 0 unspecified atom stereocenters. The van der Waals surface area contributed by atoms with Gasteiger partial charge in [-0.15, -0.1) is 11.3 Å². The molecule has 4 rings (SSSR count). The van der Waals surface area contributed by atoms with Crippen LogP contribution in [-0.4, -0.2) is 25.2 Å². The highest BCUT2D eigenvalue weighted by Crippen LogP contribution is 2.29. The smallest absolute Gasteiger partial charge is 0.320 e. The van der Waals surface area contributed by atoms with E-state index in [2.05, 4.69) is 53.1 Å². The summed E-state index contributed by atoms with van der Waals surface area (Å²) in [5.74, 6) is 0. The number of thiophene rings is 1. The Morgan fingerprint density at radius 3 is 2.54 bits per heavy atom. The molecule has 1 saturated heterocycles. The molecule has 0 radical (unpaired) electrons. The van der Waals surface area contributed by atoms with Crippen LogP contribution < -0.4 is 15.5 Å². The molecule has 134 valence electrons. The summed E-state index contributed by atoms with van der Waals surface area (Å²) in [7, 11) is 0. The molecule has 26 heavy (non-hydrogen) atoms. The molecular formula is C21H24N3OS+. The molecule has 0 atom stereocenters. The van der Waals surface area contributed by atoms with Gasteiger partial charge in [0.05, 0.1) is 18.1 Å². The van der Waals surface area contributed by atoms with Gasteiger partial charge >= 0.3 is 6.03 Å². The minimum Gasteiger partial charge on any atom is -0.335 e. The highest BCUT2D eigenvalue weighted by atomic mass is 32.1. The average molecular weight is 367 g/mol. The molecular weight excluding hydrogens is 342 g/mol. The largest absolute Gasteiger partial charge is 0.335 e. The van der Waals surface area contributed by atoms with Crippen molar-refractivity contribution in [2.75, 3.05) is 18.4 Å². The van der Waals surface area contributed by atoms with Gasteiger partial charge in [-0.05, 0) is 17.5 Å². The summed E-state index contributed by atoms with van der Waals surface area (Å²) in [5.41, 5.74) is 1.39. The molecule has 0 bridgehead atoms. The van der Waals surface area contributed by atoms with Crippen LogP contribution in [0.25, 0.3) is 10.1 Å². The second-order valence-electron chi connectivity index (χ2n) is 6.93. The van der Waals surface area contributed by atoms with E-state index in [1.54, 1.807) is 16.2 Å². The van der Waals surface area contributed by atoms with Crippen molar-refractivity contribution in [1.29, 1.82) is 0 Å². The third-order valence-corrected chi connectivity index (χ3v) is 6.02. The molecule has 0 spiro atoms.